The fourth-order valence-electron chi connectivity index (χ4n) is 3.52. The third kappa shape index (κ3) is 3.71. The second-order valence-electron chi connectivity index (χ2n) is 6.25. The molecule has 0 spiro atoms. The number of hydrogen-bond donors (Lipinski definition) is 1. The van der Waals surface area contributed by atoms with Gasteiger partial charge in [0.05, 0.1) is 0 Å². The number of carbonyl (C=O) groups excluding carboxylic acids is 1. The van der Waals surface area contributed by atoms with E-state index < -0.39 is 0 Å². The van der Waals surface area contributed by atoms with Crippen LogP contribution in [-0.4, -0.2) is 29.9 Å². The van der Waals surface area contributed by atoms with E-state index in [1.807, 2.05) is 0 Å². The Morgan fingerprint density at radius 3 is 2.72 bits per heavy atom. The van der Waals surface area contributed by atoms with Gasteiger partial charge >= 0.3 is 0 Å². The Kier molecular flexibility index (Phi) is 5.04. The number of rotatable bonds is 3. The molecular weight excluding hydrogens is 224 g/mol. The van der Waals surface area contributed by atoms with E-state index in [2.05, 4.69) is 11.8 Å². The fourth-order valence-corrected chi connectivity index (χ4v) is 3.52. The van der Waals surface area contributed by atoms with E-state index in [4.69, 9.17) is 5.73 Å². The van der Waals surface area contributed by atoms with Crippen LogP contribution in [0.25, 0.3) is 0 Å². The first-order valence-corrected chi connectivity index (χ1v) is 7.72. The first kappa shape index (κ1) is 13.9. The van der Waals surface area contributed by atoms with Crippen molar-refractivity contribution in [3.05, 3.63) is 0 Å². The molecule has 0 aromatic rings. The molecule has 18 heavy (non-hydrogen) atoms. The highest BCUT2D eigenvalue weighted by atomic mass is 16.2. The Hall–Kier alpha value is -0.570. The molecular formula is C15H28N2O. The molecule has 3 atom stereocenters. The SMILES string of the molecule is CCC1CCCN(C(=O)CC2CCCC(N)C2)C1. The van der Waals surface area contributed by atoms with Crippen molar-refractivity contribution in [1.82, 2.24) is 4.90 Å². The molecule has 104 valence electrons. The van der Waals surface area contributed by atoms with Crippen LogP contribution in [-0.2, 0) is 4.79 Å². The number of piperidine rings is 1. The predicted molar refractivity (Wildman–Crippen MR) is 74.1 cm³/mol. The summed E-state index contributed by atoms with van der Waals surface area (Å²) in [5.74, 6) is 1.66. The Morgan fingerprint density at radius 1 is 1.22 bits per heavy atom. The zero-order chi connectivity index (χ0) is 13.0. The van der Waals surface area contributed by atoms with Gasteiger partial charge < -0.3 is 10.6 Å². The summed E-state index contributed by atoms with van der Waals surface area (Å²) in [6, 6.07) is 0.335. The van der Waals surface area contributed by atoms with E-state index in [-0.39, 0.29) is 0 Å². The lowest BCUT2D eigenvalue weighted by atomic mass is 9.83. The van der Waals surface area contributed by atoms with Crippen LogP contribution >= 0.6 is 0 Å². The molecule has 3 nitrogen and oxygen atoms in total. The van der Waals surface area contributed by atoms with Crippen LogP contribution in [0, 0.1) is 11.8 Å². The van der Waals surface area contributed by atoms with Crippen LogP contribution in [0.3, 0.4) is 0 Å². The van der Waals surface area contributed by atoms with Gasteiger partial charge in [-0.3, -0.25) is 4.79 Å². The normalized spacial score (nSPS) is 33.4. The van der Waals surface area contributed by atoms with Crippen molar-refractivity contribution >= 4 is 5.91 Å². The lowest BCUT2D eigenvalue weighted by molar-refractivity contribution is -0.134. The molecule has 1 aliphatic heterocycles. The lowest BCUT2D eigenvalue weighted by Gasteiger charge is -2.34. The average Bonchev–Trinajstić information content (AvgIpc) is 2.39. The monoisotopic (exact) mass is 252 g/mol. The molecule has 2 N–H and O–H groups in total. The summed E-state index contributed by atoms with van der Waals surface area (Å²) in [5.41, 5.74) is 6.00. The van der Waals surface area contributed by atoms with Crippen molar-refractivity contribution in [2.24, 2.45) is 17.6 Å². The Bertz CT molecular complexity index is 280. The maximum absolute atomic E-state index is 12.3. The van der Waals surface area contributed by atoms with Gasteiger partial charge in [0, 0.05) is 25.6 Å². The maximum atomic E-state index is 12.3. The summed E-state index contributed by atoms with van der Waals surface area (Å²) in [6.45, 7) is 4.21. The van der Waals surface area contributed by atoms with Gasteiger partial charge in [-0.05, 0) is 43.9 Å². The van der Waals surface area contributed by atoms with E-state index in [0.29, 0.717) is 17.9 Å². The summed E-state index contributed by atoms with van der Waals surface area (Å²) in [6.07, 6.45) is 9.04. The van der Waals surface area contributed by atoms with Crippen LogP contribution in [0.4, 0.5) is 0 Å². The molecule has 3 unspecified atom stereocenters. The molecule has 0 aromatic carbocycles. The van der Waals surface area contributed by atoms with E-state index in [1.165, 1.54) is 32.1 Å². The number of nitrogens with zero attached hydrogens (tertiary/aromatic N) is 1. The highest BCUT2D eigenvalue weighted by Crippen LogP contribution is 2.27. The minimum atomic E-state index is 0.335. The lowest BCUT2D eigenvalue weighted by Crippen LogP contribution is -2.41. The average molecular weight is 252 g/mol. The summed E-state index contributed by atoms with van der Waals surface area (Å²) in [4.78, 5) is 14.4. The van der Waals surface area contributed by atoms with Crippen molar-refractivity contribution in [2.45, 2.75) is 64.3 Å². The smallest absolute Gasteiger partial charge is 0.222 e. The second kappa shape index (κ2) is 6.55. The summed E-state index contributed by atoms with van der Waals surface area (Å²) in [5, 5.41) is 0. The van der Waals surface area contributed by atoms with Gasteiger partial charge in [-0.1, -0.05) is 19.8 Å². The van der Waals surface area contributed by atoms with Crippen molar-refractivity contribution in [2.75, 3.05) is 13.1 Å². The highest BCUT2D eigenvalue weighted by molar-refractivity contribution is 5.76. The van der Waals surface area contributed by atoms with Crippen molar-refractivity contribution < 1.29 is 4.79 Å². The van der Waals surface area contributed by atoms with Crippen LogP contribution in [0.5, 0.6) is 0 Å². The summed E-state index contributed by atoms with van der Waals surface area (Å²) >= 11 is 0. The third-order valence-corrected chi connectivity index (χ3v) is 4.74. The van der Waals surface area contributed by atoms with Crippen LogP contribution in [0.2, 0.25) is 0 Å². The molecule has 1 aliphatic carbocycles. The molecule has 1 amide bonds. The molecule has 2 aliphatic rings. The van der Waals surface area contributed by atoms with Gasteiger partial charge in [-0.2, -0.15) is 0 Å². The minimum absolute atomic E-state index is 0.335. The fraction of sp³-hybridized carbons (Fsp3) is 0.933. The number of nitrogens with two attached hydrogens (primary N) is 1. The van der Waals surface area contributed by atoms with E-state index >= 15 is 0 Å². The van der Waals surface area contributed by atoms with Gasteiger partial charge in [-0.15, -0.1) is 0 Å². The molecule has 2 fully saturated rings. The summed E-state index contributed by atoms with van der Waals surface area (Å²) in [7, 11) is 0. The molecule has 0 radical (unpaired) electrons. The van der Waals surface area contributed by atoms with Crippen molar-refractivity contribution in [3.63, 3.8) is 0 Å². The molecule has 1 saturated carbocycles. The second-order valence-corrected chi connectivity index (χ2v) is 6.25. The van der Waals surface area contributed by atoms with Gasteiger partial charge in [0.15, 0.2) is 0 Å². The van der Waals surface area contributed by atoms with Gasteiger partial charge in [0.2, 0.25) is 5.91 Å². The van der Waals surface area contributed by atoms with Gasteiger partial charge in [0.1, 0.15) is 0 Å². The molecule has 3 heteroatoms. The number of amides is 1. The van der Waals surface area contributed by atoms with Crippen molar-refractivity contribution in [3.8, 4) is 0 Å². The Balaban J connectivity index is 1.79. The molecule has 0 aromatic heterocycles. The first-order chi connectivity index (χ1) is 8.69. The Morgan fingerprint density at radius 2 is 2.00 bits per heavy atom. The zero-order valence-corrected chi connectivity index (χ0v) is 11.7. The van der Waals surface area contributed by atoms with Crippen molar-refractivity contribution in [1.29, 1.82) is 0 Å². The molecule has 1 heterocycles. The predicted octanol–water partition coefficient (Wildman–Crippen LogP) is 2.54. The Labute approximate surface area is 111 Å². The minimum Gasteiger partial charge on any atom is -0.342 e. The quantitative estimate of drug-likeness (QED) is 0.839. The van der Waals surface area contributed by atoms with Gasteiger partial charge in [-0.25, -0.2) is 0 Å². The largest absolute Gasteiger partial charge is 0.342 e. The zero-order valence-electron chi connectivity index (χ0n) is 11.7. The van der Waals surface area contributed by atoms with Crippen LogP contribution in [0.15, 0.2) is 0 Å². The number of likely N-dealkylation sites (tertiary alicyclic amines) is 1. The van der Waals surface area contributed by atoms with E-state index in [0.717, 1.165) is 38.3 Å². The van der Waals surface area contributed by atoms with Gasteiger partial charge in [0.25, 0.3) is 0 Å². The first-order valence-electron chi connectivity index (χ1n) is 7.72. The maximum Gasteiger partial charge on any atom is 0.222 e. The number of hydrogen-bond acceptors (Lipinski definition) is 2. The van der Waals surface area contributed by atoms with E-state index in [1.54, 1.807) is 0 Å². The molecule has 1 saturated heterocycles. The molecule has 0 bridgehead atoms. The third-order valence-electron chi connectivity index (χ3n) is 4.74. The summed E-state index contributed by atoms with van der Waals surface area (Å²) < 4.78 is 0. The highest BCUT2D eigenvalue weighted by Gasteiger charge is 2.26. The van der Waals surface area contributed by atoms with Crippen LogP contribution in [0.1, 0.15) is 58.3 Å². The topological polar surface area (TPSA) is 46.3 Å². The standard InChI is InChI=1S/C15H28N2O/c1-2-12-6-4-8-17(11-12)15(18)10-13-5-3-7-14(16)9-13/h12-14H,2-11,16H2,1H3. The number of carbonyl (C=O) groups is 1. The van der Waals surface area contributed by atoms with Crippen LogP contribution < -0.4 is 5.73 Å². The van der Waals surface area contributed by atoms with E-state index in [9.17, 15) is 4.79 Å². The molecule has 2 rings (SSSR count).